The molecule has 1 amide bonds. The molecule has 1 aromatic carbocycles. The Labute approximate surface area is 234 Å². The van der Waals surface area contributed by atoms with Crippen molar-refractivity contribution in [1.29, 1.82) is 5.26 Å². The van der Waals surface area contributed by atoms with Crippen molar-refractivity contribution in [3.63, 3.8) is 0 Å². The fraction of sp³-hybridized carbons (Fsp3) is 0.448. The van der Waals surface area contributed by atoms with E-state index in [-0.39, 0.29) is 17.0 Å². The summed E-state index contributed by atoms with van der Waals surface area (Å²) in [7, 11) is 1.62. The van der Waals surface area contributed by atoms with Crippen LogP contribution in [0.1, 0.15) is 67.7 Å². The number of hydrogen-bond donors (Lipinski definition) is 0. The Kier molecular flexibility index (Phi) is 9.29. The number of rotatable bonds is 8. The van der Waals surface area contributed by atoms with E-state index in [1.54, 1.807) is 16.6 Å². The fourth-order valence-corrected chi connectivity index (χ4v) is 6.21. The normalized spacial score (nSPS) is 17.2. The molecule has 1 aromatic heterocycles. The Hall–Kier alpha value is -3.09. The van der Waals surface area contributed by atoms with Crippen LogP contribution in [0, 0.1) is 18.3 Å². The van der Waals surface area contributed by atoms with Crippen molar-refractivity contribution in [2.24, 2.45) is 0 Å². The van der Waals surface area contributed by atoms with Gasteiger partial charge in [0.2, 0.25) is 0 Å². The molecule has 0 N–H and O–H groups in total. The van der Waals surface area contributed by atoms with Crippen molar-refractivity contribution in [3.05, 3.63) is 61.8 Å². The van der Waals surface area contributed by atoms with Crippen LogP contribution in [0.25, 0.3) is 6.08 Å². The van der Waals surface area contributed by atoms with Gasteiger partial charge in [-0.15, -0.1) is 0 Å². The first kappa shape index (κ1) is 27.9. The van der Waals surface area contributed by atoms with Crippen molar-refractivity contribution in [1.82, 2.24) is 9.47 Å². The summed E-state index contributed by atoms with van der Waals surface area (Å²) in [6, 6.07) is 9.71. The summed E-state index contributed by atoms with van der Waals surface area (Å²) in [5.41, 5.74) is 2.22. The summed E-state index contributed by atoms with van der Waals surface area (Å²) >= 11 is 6.87. The van der Waals surface area contributed by atoms with E-state index in [2.05, 4.69) is 17.9 Å². The Bertz CT molecular complexity index is 1330. The second kappa shape index (κ2) is 12.6. The predicted octanol–water partition coefficient (Wildman–Crippen LogP) is 5.62. The van der Waals surface area contributed by atoms with Crippen LogP contribution < -0.4 is 15.2 Å². The van der Waals surface area contributed by atoms with Gasteiger partial charge in [0.1, 0.15) is 27.5 Å². The standard InChI is InChI=1S/C29H34N4O3S2/c1-4-5-16-32-26(31-14-8-6-7-9-15-31)23(20(2)24(18-30)27(32)34)17-25-28(35)33(29(37)38-25)19-21-10-12-22(36-3)13-11-21/h10-13,17H,4-9,14-16,19H2,1-3H3/b25-17-. The number of methoxy groups -OCH3 is 1. The first-order valence-corrected chi connectivity index (χ1v) is 14.4. The Morgan fingerprint density at radius 3 is 2.42 bits per heavy atom. The van der Waals surface area contributed by atoms with Crippen molar-refractivity contribution < 1.29 is 9.53 Å². The third-order valence-corrected chi connectivity index (χ3v) is 8.51. The zero-order valence-corrected chi connectivity index (χ0v) is 23.9. The van der Waals surface area contributed by atoms with Gasteiger partial charge in [-0.05, 0) is 55.5 Å². The lowest BCUT2D eigenvalue weighted by Crippen LogP contribution is -2.35. The highest BCUT2D eigenvalue weighted by Crippen LogP contribution is 2.37. The van der Waals surface area contributed by atoms with E-state index in [1.807, 2.05) is 37.3 Å². The van der Waals surface area contributed by atoms with Crippen LogP contribution in [-0.2, 0) is 17.9 Å². The number of benzene rings is 1. The summed E-state index contributed by atoms with van der Waals surface area (Å²) in [4.78, 5) is 31.4. The number of carbonyl (C=O) groups excluding carboxylic acids is 1. The van der Waals surface area contributed by atoms with E-state index in [0.717, 1.165) is 74.3 Å². The average molecular weight is 551 g/mol. The van der Waals surface area contributed by atoms with Gasteiger partial charge in [0.25, 0.3) is 11.5 Å². The van der Waals surface area contributed by atoms with E-state index >= 15 is 0 Å². The van der Waals surface area contributed by atoms with Crippen LogP contribution in [0.3, 0.4) is 0 Å². The van der Waals surface area contributed by atoms with Crippen LogP contribution in [0.15, 0.2) is 34.0 Å². The van der Waals surface area contributed by atoms with Gasteiger partial charge in [-0.25, -0.2) is 0 Å². The second-order valence-electron chi connectivity index (χ2n) is 9.68. The van der Waals surface area contributed by atoms with Crippen molar-refractivity contribution in [2.75, 3.05) is 25.1 Å². The van der Waals surface area contributed by atoms with Crippen LogP contribution in [0.5, 0.6) is 5.75 Å². The number of ether oxygens (including phenoxy) is 1. The lowest BCUT2D eigenvalue weighted by Gasteiger charge is -2.29. The van der Waals surface area contributed by atoms with Gasteiger partial charge >= 0.3 is 0 Å². The van der Waals surface area contributed by atoms with Gasteiger partial charge in [0.15, 0.2) is 0 Å². The SMILES string of the molecule is CCCCn1c(N2CCCCCC2)c(/C=C2\SC(=S)N(Cc3ccc(OC)cc3)C2=O)c(C)c(C#N)c1=O. The molecule has 0 radical (unpaired) electrons. The molecule has 2 aromatic rings. The molecule has 2 aliphatic rings. The largest absolute Gasteiger partial charge is 0.497 e. The Morgan fingerprint density at radius 1 is 1.13 bits per heavy atom. The average Bonchev–Trinajstić information content (AvgIpc) is 3.09. The summed E-state index contributed by atoms with van der Waals surface area (Å²) in [5.74, 6) is 1.41. The lowest BCUT2D eigenvalue weighted by atomic mass is 10.0. The Morgan fingerprint density at radius 2 is 1.82 bits per heavy atom. The number of pyridine rings is 1. The molecule has 0 atom stereocenters. The third-order valence-electron chi connectivity index (χ3n) is 7.14. The molecule has 0 spiro atoms. The number of aromatic nitrogens is 1. The Balaban J connectivity index is 1.79. The number of unbranched alkanes of at least 4 members (excludes halogenated alkanes) is 1. The maximum absolute atomic E-state index is 13.6. The van der Waals surface area contributed by atoms with Crippen LogP contribution in [-0.4, -0.2) is 39.9 Å². The molecule has 9 heteroatoms. The molecule has 2 aliphatic heterocycles. The summed E-state index contributed by atoms with van der Waals surface area (Å²) < 4.78 is 7.50. The van der Waals surface area contributed by atoms with Crippen molar-refractivity contribution in [2.45, 2.75) is 65.5 Å². The fourth-order valence-electron chi connectivity index (χ4n) is 4.97. The van der Waals surface area contributed by atoms with E-state index < -0.39 is 0 Å². The summed E-state index contributed by atoms with van der Waals surface area (Å²) in [5, 5.41) is 9.91. The predicted molar refractivity (Wildman–Crippen MR) is 157 cm³/mol. The first-order chi connectivity index (χ1) is 18.4. The van der Waals surface area contributed by atoms with Gasteiger partial charge < -0.3 is 9.64 Å². The monoisotopic (exact) mass is 550 g/mol. The maximum Gasteiger partial charge on any atom is 0.270 e. The molecule has 7 nitrogen and oxygen atoms in total. The summed E-state index contributed by atoms with van der Waals surface area (Å²) in [6.45, 7) is 6.49. The second-order valence-corrected chi connectivity index (χ2v) is 11.4. The van der Waals surface area contributed by atoms with Gasteiger partial charge in [-0.1, -0.05) is 62.3 Å². The number of thioether (sulfide) groups is 1. The van der Waals surface area contributed by atoms with E-state index in [4.69, 9.17) is 17.0 Å². The number of amides is 1. The molecule has 0 bridgehead atoms. The van der Waals surface area contributed by atoms with Crippen molar-refractivity contribution in [3.8, 4) is 11.8 Å². The molecule has 4 rings (SSSR count). The minimum Gasteiger partial charge on any atom is -0.497 e. The molecule has 0 aliphatic carbocycles. The number of carbonyl (C=O) groups is 1. The van der Waals surface area contributed by atoms with Crippen LogP contribution in [0.2, 0.25) is 0 Å². The summed E-state index contributed by atoms with van der Waals surface area (Å²) in [6.07, 6.45) is 8.02. The van der Waals surface area contributed by atoms with Crippen LogP contribution >= 0.6 is 24.0 Å². The first-order valence-electron chi connectivity index (χ1n) is 13.2. The number of nitriles is 1. The third kappa shape index (κ3) is 5.82. The molecule has 2 saturated heterocycles. The zero-order chi connectivity index (χ0) is 27.2. The highest BCUT2D eigenvalue weighted by Gasteiger charge is 2.33. The molecule has 0 saturated carbocycles. The lowest BCUT2D eigenvalue weighted by molar-refractivity contribution is -0.122. The maximum atomic E-state index is 13.6. The molecular formula is C29H34N4O3S2. The van der Waals surface area contributed by atoms with Gasteiger partial charge in [0, 0.05) is 25.2 Å². The highest BCUT2D eigenvalue weighted by molar-refractivity contribution is 8.26. The van der Waals surface area contributed by atoms with Crippen molar-refractivity contribution >= 4 is 46.1 Å². The van der Waals surface area contributed by atoms with Crippen LogP contribution in [0.4, 0.5) is 5.82 Å². The topological polar surface area (TPSA) is 78.6 Å². The number of thiocarbonyl (C=S) groups is 1. The molecular weight excluding hydrogens is 516 g/mol. The number of anilines is 1. The highest BCUT2D eigenvalue weighted by atomic mass is 32.2. The van der Waals surface area contributed by atoms with E-state index in [0.29, 0.717) is 27.9 Å². The molecule has 2 fully saturated rings. The minimum atomic E-state index is -0.248. The number of nitrogens with zero attached hydrogens (tertiary/aromatic N) is 4. The number of hydrogen-bond acceptors (Lipinski definition) is 7. The van der Waals surface area contributed by atoms with E-state index in [1.165, 1.54) is 11.8 Å². The van der Waals surface area contributed by atoms with Gasteiger partial charge in [0.05, 0.1) is 18.6 Å². The molecule has 38 heavy (non-hydrogen) atoms. The molecule has 3 heterocycles. The molecule has 200 valence electrons. The smallest absolute Gasteiger partial charge is 0.270 e. The van der Waals surface area contributed by atoms with E-state index in [9.17, 15) is 14.9 Å². The minimum absolute atomic E-state index is 0.139. The quantitative estimate of drug-likeness (QED) is 0.312. The molecule has 0 unspecified atom stereocenters. The van der Waals surface area contributed by atoms with Gasteiger partial charge in [-0.2, -0.15) is 5.26 Å². The van der Waals surface area contributed by atoms with Gasteiger partial charge in [-0.3, -0.25) is 19.1 Å². The zero-order valence-electron chi connectivity index (χ0n) is 22.3.